The summed E-state index contributed by atoms with van der Waals surface area (Å²) < 4.78 is 9.04. The van der Waals surface area contributed by atoms with Crippen LogP contribution in [-0.2, 0) is 0 Å². The Morgan fingerprint density at radius 2 is 1.00 bits per heavy atom. The minimum Gasteiger partial charge on any atom is -0.456 e. The van der Waals surface area contributed by atoms with Crippen LogP contribution in [0.2, 0.25) is 0 Å². The van der Waals surface area contributed by atoms with E-state index in [-0.39, 0.29) is 0 Å². The smallest absolute Gasteiger partial charge is 0.137 e. The van der Waals surface area contributed by atoms with Gasteiger partial charge in [-0.1, -0.05) is 133 Å². The molecule has 0 aliphatic heterocycles. The van der Waals surface area contributed by atoms with Gasteiger partial charge in [-0.2, -0.15) is 0 Å². The van der Waals surface area contributed by atoms with E-state index < -0.39 is 0 Å². The van der Waals surface area contributed by atoms with Crippen LogP contribution in [0.1, 0.15) is 0 Å². The quantitative estimate of drug-likeness (QED) is 0.181. The minimum absolute atomic E-state index is 0.861. The maximum absolute atomic E-state index is 6.68. The number of aromatic nitrogens is 1. The second-order valence-electron chi connectivity index (χ2n) is 13.8. The van der Waals surface area contributed by atoms with E-state index in [1.54, 1.807) is 0 Å². The maximum Gasteiger partial charge on any atom is 0.137 e. The van der Waals surface area contributed by atoms with E-state index in [9.17, 15) is 0 Å². The Balaban J connectivity index is 1.18. The summed E-state index contributed by atoms with van der Waals surface area (Å²) in [7, 11) is 0. The first-order chi connectivity index (χ1) is 26.3. The Labute approximate surface area is 306 Å². The highest BCUT2D eigenvalue weighted by Gasteiger charge is 2.21. The second kappa shape index (κ2) is 11.7. The summed E-state index contributed by atoms with van der Waals surface area (Å²) in [5, 5.41) is 8.18. The summed E-state index contributed by atoms with van der Waals surface area (Å²) in [6, 6.07) is 67.4. The van der Waals surface area contributed by atoms with E-state index in [4.69, 9.17) is 4.42 Å². The van der Waals surface area contributed by atoms with Gasteiger partial charge in [-0.15, -0.1) is 0 Å². The Morgan fingerprint density at radius 3 is 1.81 bits per heavy atom. The molecule has 0 N–H and O–H groups in total. The molecule has 0 unspecified atom stereocenters. The molecule has 0 atom stereocenters. The van der Waals surface area contributed by atoms with Gasteiger partial charge in [-0.3, -0.25) is 0 Å². The summed E-state index contributed by atoms with van der Waals surface area (Å²) >= 11 is 0. The molecular weight excluding hydrogens is 645 g/mol. The van der Waals surface area contributed by atoms with E-state index in [1.807, 2.05) is 6.07 Å². The lowest BCUT2D eigenvalue weighted by atomic mass is 10.0. The zero-order valence-corrected chi connectivity index (χ0v) is 28.8. The number of anilines is 3. The lowest BCUT2D eigenvalue weighted by molar-refractivity contribution is 0.669. The molecule has 0 bridgehead atoms. The summed E-state index contributed by atoms with van der Waals surface area (Å²) in [5.74, 6) is 0. The van der Waals surface area contributed by atoms with Crippen LogP contribution in [0.25, 0.3) is 82.2 Å². The normalized spacial score (nSPS) is 11.8. The SMILES string of the molecule is c1ccc(-c2ccc3c(c2)oc2cc(N(c4cccc5ccccc45)c4cccc5cn6c(cc45)c(-c4ccccc4)c4ccccc46)ccc23)cc1. The molecule has 0 fully saturated rings. The molecule has 0 saturated heterocycles. The van der Waals surface area contributed by atoms with E-state index >= 15 is 0 Å². The number of hydrogen-bond acceptors (Lipinski definition) is 2. The number of nitrogens with zero attached hydrogens (tertiary/aromatic N) is 2. The van der Waals surface area contributed by atoms with E-state index in [0.29, 0.717) is 0 Å². The van der Waals surface area contributed by atoms with Gasteiger partial charge in [-0.25, -0.2) is 0 Å². The fourth-order valence-corrected chi connectivity index (χ4v) is 8.31. The monoisotopic (exact) mass is 676 g/mol. The van der Waals surface area contributed by atoms with Crippen LogP contribution in [0.5, 0.6) is 0 Å². The highest BCUT2D eigenvalue weighted by molar-refractivity contribution is 6.12. The highest BCUT2D eigenvalue weighted by Crippen LogP contribution is 2.45. The molecule has 3 heterocycles. The average Bonchev–Trinajstić information content (AvgIpc) is 3.75. The van der Waals surface area contributed by atoms with Crippen molar-refractivity contribution in [3.05, 3.63) is 194 Å². The lowest BCUT2D eigenvalue weighted by Gasteiger charge is -2.28. The second-order valence-corrected chi connectivity index (χ2v) is 13.8. The molecule has 8 aromatic carbocycles. The fourth-order valence-electron chi connectivity index (χ4n) is 8.31. The van der Waals surface area contributed by atoms with Gasteiger partial charge in [0.15, 0.2) is 0 Å². The summed E-state index contributed by atoms with van der Waals surface area (Å²) in [6.07, 6.45) is 2.30. The molecule has 11 rings (SSSR count). The molecule has 3 nitrogen and oxygen atoms in total. The molecule has 0 spiro atoms. The van der Waals surface area contributed by atoms with Gasteiger partial charge >= 0.3 is 0 Å². The Hall–Kier alpha value is -7.10. The standard InChI is InChI=1S/C50H32N2O/c1-3-13-33(14-4-1)36-25-27-40-41-28-26-38(30-49(41)53-48(40)29-36)52(45-23-11-18-34-15-7-8-20-39(34)45)46-24-12-19-37-32-51-44-22-10-9-21-42(44)50(47(51)31-43(37)46)35-16-5-2-6-17-35/h1-32H. The third-order valence-corrected chi connectivity index (χ3v) is 10.7. The number of benzene rings is 8. The summed E-state index contributed by atoms with van der Waals surface area (Å²) in [6.45, 7) is 0. The number of pyridine rings is 1. The van der Waals surface area contributed by atoms with Crippen molar-refractivity contribution in [3.8, 4) is 22.3 Å². The molecule has 248 valence electrons. The van der Waals surface area contributed by atoms with Crippen molar-refractivity contribution in [2.45, 2.75) is 0 Å². The lowest BCUT2D eigenvalue weighted by Crippen LogP contribution is -2.11. The topological polar surface area (TPSA) is 20.8 Å². The zero-order valence-electron chi connectivity index (χ0n) is 28.8. The first-order valence-corrected chi connectivity index (χ1v) is 18.1. The van der Waals surface area contributed by atoms with Gasteiger partial charge < -0.3 is 13.7 Å². The van der Waals surface area contributed by atoms with Crippen LogP contribution < -0.4 is 4.90 Å². The van der Waals surface area contributed by atoms with Crippen molar-refractivity contribution < 1.29 is 4.42 Å². The molecule has 53 heavy (non-hydrogen) atoms. The Morgan fingerprint density at radius 1 is 0.377 bits per heavy atom. The van der Waals surface area contributed by atoms with Crippen LogP contribution in [0.3, 0.4) is 0 Å². The summed E-state index contributed by atoms with van der Waals surface area (Å²) in [5.41, 5.74) is 12.1. The fraction of sp³-hybridized carbons (Fsp3) is 0. The molecule has 3 aromatic heterocycles. The predicted molar refractivity (Wildman–Crippen MR) is 223 cm³/mol. The van der Waals surface area contributed by atoms with Gasteiger partial charge in [-0.05, 0) is 70.6 Å². The Bertz CT molecular complexity index is 3170. The average molecular weight is 677 g/mol. The van der Waals surface area contributed by atoms with Gasteiger partial charge in [0.05, 0.1) is 22.4 Å². The molecule has 0 aliphatic rings. The van der Waals surface area contributed by atoms with E-state index in [2.05, 4.69) is 197 Å². The predicted octanol–water partition coefficient (Wildman–Crippen LogP) is 14.1. The number of hydrogen-bond donors (Lipinski definition) is 0. The van der Waals surface area contributed by atoms with Crippen LogP contribution in [0.15, 0.2) is 199 Å². The molecule has 0 amide bonds. The number of furan rings is 1. The molecular formula is C50H32N2O. The molecule has 0 radical (unpaired) electrons. The first-order valence-electron chi connectivity index (χ1n) is 18.1. The highest BCUT2D eigenvalue weighted by atomic mass is 16.3. The number of para-hydroxylation sites is 1. The molecule has 11 aromatic rings. The number of fused-ring (bicyclic) bond motifs is 8. The molecule has 3 heteroatoms. The van der Waals surface area contributed by atoms with Gasteiger partial charge in [0.2, 0.25) is 0 Å². The molecule has 0 aliphatic carbocycles. The zero-order chi connectivity index (χ0) is 34.9. The third kappa shape index (κ3) is 4.68. The minimum atomic E-state index is 0.861. The van der Waals surface area contributed by atoms with E-state index in [1.165, 1.54) is 54.7 Å². The van der Waals surface area contributed by atoms with Crippen LogP contribution in [0, 0.1) is 0 Å². The first kappa shape index (κ1) is 29.6. The number of rotatable bonds is 5. The Kier molecular flexibility index (Phi) is 6.55. The van der Waals surface area contributed by atoms with Crippen molar-refractivity contribution in [1.29, 1.82) is 0 Å². The van der Waals surface area contributed by atoms with Crippen molar-refractivity contribution in [1.82, 2.24) is 4.40 Å². The largest absolute Gasteiger partial charge is 0.456 e. The third-order valence-electron chi connectivity index (χ3n) is 10.7. The van der Waals surface area contributed by atoms with Crippen molar-refractivity contribution in [2.24, 2.45) is 0 Å². The van der Waals surface area contributed by atoms with Crippen molar-refractivity contribution in [2.75, 3.05) is 4.90 Å². The van der Waals surface area contributed by atoms with Crippen LogP contribution in [-0.4, -0.2) is 4.40 Å². The van der Waals surface area contributed by atoms with Gasteiger partial charge in [0.1, 0.15) is 11.2 Å². The summed E-state index contributed by atoms with van der Waals surface area (Å²) in [4.78, 5) is 2.41. The van der Waals surface area contributed by atoms with Crippen molar-refractivity contribution >= 4 is 77.0 Å². The van der Waals surface area contributed by atoms with Gasteiger partial charge in [0.25, 0.3) is 0 Å². The van der Waals surface area contributed by atoms with Crippen LogP contribution >= 0.6 is 0 Å². The molecule has 0 saturated carbocycles. The van der Waals surface area contributed by atoms with Gasteiger partial charge in [0, 0.05) is 55.8 Å². The van der Waals surface area contributed by atoms with E-state index in [0.717, 1.165) is 44.6 Å². The van der Waals surface area contributed by atoms with Crippen molar-refractivity contribution in [3.63, 3.8) is 0 Å². The van der Waals surface area contributed by atoms with Crippen LogP contribution in [0.4, 0.5) is 17.1 Å². The maximum atomic E-state index is 6.68.